The van der Waals surface area contributed by atoms with Gasteiger partial charge in [0.2, 0.25) is 0 Å². The van der Waals surface area contributed by atoms with Crippen LogP contribution in [0.5, 0.6) is 0 Å². The molecule has 0 bridgehead atoms. The third-order valence-corrected chi connectivity index (χ3v) is 3.56. The first-order valence-electron chi connectivity index (χ1n) is 5.43. The normalized spacial score (nSPS) is 26.5. The highest BCUT2D eigenvalue weighted by Gasteiger charge is 2.47. The van der Waals surface area contributed by atoms with Crippen molar-refractivity contribution in [3.05, 3.63) is 0 Å². The lowest BCUT2D eigenvalue weighted by Gasteiger charge is -2.52. The fourth-order valence-electron chi connectivity index (χ4n) is 2.46. The standard InChI is InChI=1S/C10H18N2O3/c13-7-9(2-1-3-9)12-10(4-8(14)15)5-11-6-10/h11-13H,1-7H2,(H,14,15). The molecule has 5 heteroatoms. The average Bonchev–Trinajstić information content (AvgIpc) is 2.06. The van der Waals surface area contributed by atoms with Gasteiger partial charge < -0.3 is 20.8 Å². The summed E-state index contributed by atoms with van der Waals surface area (Å²) in [6, 6.07) is 0. The number of carbonyl (C=O) groups is 1. The van der Waals surface area contributed by atoms with Crippen molar-refractivity contribution in [3.8, 4) is 0 Å². The van der Waals surface area contributed by atoms with Gasteiger partial charge in [-0.15, -0.1) is 0 Å². The molecule has 0 atom stereocenters. The van der Waals surface area contributed by atoms with Crippen molar-refractivity contribution in [2.24, 2.45) is 0 Å². The number of hydrogen-bond acceptors (Lipinski definition) is 4. The van der Waals surface area contributed by atoms with E-state index in [1.54, 1.807) is 0 Å². The van der Waals surface area contributed by atoms with Crippen LogP contribution in [0.3, 0.4) is 0 Å². The molecule has 0 aromatic rings. The molecule has 0 aromatic heterocycles. The number of carboxylic acids is 1. The van der Waals surface area contributed by atoms with Crippen molar-refractivity contribution in [1.82, 2.24) is 10.6 Å². The molecular formula is C10H18N2O3. The summed E-state index contributed by atoms with van der Waals surface area (Å²) in [5.41, 5.74) is -0.549. The van der Waals surface area contributed by atoms with Crippen molar-refractivity contribution in [1.29, 1.82) is 0 Å². The average molecular weight is 214 g/mol. The molecule has 1 saturated heterocycles. The highest BCUT2D eigenvalue weighted by Crippen LogP contribution is 2.34. The van der Waals surface area contributed by atoms with E-state index in [0.717, 1.165) is 19.3 Å². The number of hydrogen-bond donors (Lipinski definition) is 4. The Morgan fingerprint density at radius 2 is 2.00 bits per heavy atom. The summed E-state index contributed by atoms with van der Waals surface area (Å²) in [4.78, 5) is 10.8. The molecule has 1 saturated carbocycles. The van der Waals surface area contributed by atoms with Crippen molar-refractivity contribution in [3.63, 3.8) is 0 Å². The van der Waals surface area contributed by atoms with Gasteiger partial charge in [-0.25, -0.2) is 0 Å². The zero-order chi connectivity index (χ0) is 10.9. The topological polar surface area (TPSA) is 81.6 Å². The Balaban J connectivity index is 1.97. The molecule has 0 amide bonds. The number of nitrogens with one attached hydrogen (secondary N) is 2. The highest BCUT2D eigenvalue weighted by atomic mass is 16.4. The molecule has 5 nitrogen and oxygen atoms in total. The second kappa shape index (κ2) is 3.73. The zero-order valence-electron chi connectivity index (χ0n) is 8.75. The fourth-order valence-corrected chi connectivity index (χ4v) is 2.46. The Kier molecular flexibility index (Phi) is 2.70. The summed E-state index contributed by atoms with van der Waals surface area (Å²) in [7, 11) is 0. The molecule has 86 valence electrons. The maximum Gasteiger partial charge on any atom is 0.305 e. The van der Waals surface area contributed by atoms with Crippen LogP contribution in [-0.2, 0) is 4.79 Å². The monoisotopic (exact) mass is 214 g/mol. The summed E-state index contributed by atoms with van der Waals surface area (Å²) in [6.45, 7) is 1.47. The van der Waals surface area contributed by atoms with Gasteiger partial charge in [-0.05, 0) is 19.3 Å². The van der Waals surface area contributed by atoms with Crippen molar-refractivity contribution in [2.75, 3.05) is 19.7 Å². The molecule has 0 aromatic carbocycles. The second-order valence-corrected chi connectivity index (χ2v) is 4.87. The largest absolute Gasteiger partial charge is 0.481 e. The summed E-state index contributed by atoms with van der Waals surface area (Å²) < 4.78 is 0. The smallest absolute Gasteiger partial charge is 0.305 e. The Bertz CT molecular complexity index is 254. The lowest BCUT2D eigenvalue weighted by molar-refractivity contribution is -0.140. The molecule has 15 heavy (non-hydrogen) atoms. The minimum absolute atomic E-state index is 0.106. The first-order valence-corrected chi connectivity index (χ1v) is 5.43. The molecule has 2 fully saturated rings. The summed E-state index contributed by atoms with van der Waals surface area (Å²) in [6.07, 6.45) is 3.14. The molecule has 1 aliphatic heterocycles. The first-order chi connectivity index (χ1) is 7.10. The third-order valence-electron chi connectivity index (χ3n) is 3.56. The van der Waals surface area contributed by atoms with E-state index in [2.05, 4.69) is 10.6 Å². The van der Waals surface area contributed by atoms with Crippen LogP contribution in [0.2, 0.25) is 0 Å². The summed E-state index contributed by atoms with van der Waals surface area (Å²) >= 11 is 0. The third kappa shape index (κ3) is 2.00. The van der Waals surface area contributed by atoms with Crippen LogP contribution >= 0.6 is 0 Å². The van der Waals surface area contributed by atoms with Gasteiger partial charge in [0.1, 0.15) is 0 Å². The number of carboxylic acid groups (broad SMARTS) is 1. The van der Waals surface area contributed by atoms with E-state index in [1.165, 1.54) is 0 Å². The van der Waals surface area contributed by atoms with E-state index in [-0.39, 0.29) is 24.1 Å². The van der Waals surface area contributed by atoms with Gasteiger partial charge in [0.05, 0.1) is 18.6 Å². The number of rotatable bonds is 5. The van der Waals surface area contributed by atoms with Crippen LogP contribution < -0.4 is 10.6 Å². The minimum atomic E-state index is -0.781. The Morgan fingerprint density at radius 3 is 2.27 bits per heavy atom. The van der Waals surface area contributed by atoms with E-state index in [0.29, 0.717) is 13.1 Å². The van der Waals surface area contributed by atoms with Crippen LogP contribution in [0, 0.1) is 0 Å². The summed E-state index contributed by atoms with van der Waals surface area (Å²) in [5.74, 6) is -0.781. The van der Waals surface area contributed by atoms with Gasteiger partial charge in [0.15, 0.2) is 0 Å². The molecule has 0 spiro atoms. The molecule has 1 heterocycles. The summed E-state index contributed by atoms with van der Waals surface area (Å²) in [5, 5.41) is 24.6. The Labute approximate surface area is 88.9 Å². The molecule has 1 aliphatic carbocycles. The van der Waals surface area contributed by atoms with Gasteiger partial charge in [-0.1, -0.05) is 0 Å². The predicted molar refractivity (Wildman–Crippen MR) is 54.7 cm³/mol. The molecule has 0 radical (unpaired) electrons. The number of aliphatic hydroxyl groups excluding tert-OH is 1. The van der Waals surface area contributed by atoms with E-state index in [1.807, 2.05) is 0 Å². The van der Waals surface area contributed by atoms with Gasteiger partial charge in [0, 0.05) is 18.6 Å². The van der Waals surface area contributed by atoms with Crippen LogP contribution in [0.4, 0.5) is 0 Å². The van der Waals surface area contributed by atoms with Gasteiger partial charge in [-0.3, -0.25) is 4.79 Å². The second-order valence-electron chi connectivity index (χ2n) is 4.87. The van der Waals surface area contributed by atoms with Gasteiger partial charge >= 0.3 is 5.97 Å². The lowest BCUT2D eigenvalue weighted by atomic mass is 9.73. The highest BCUT2D eigenvalue weighted by molar-refractivity contribution is 5.69. The molecular weight excluding hydrogens is 196 g/mol. The van der Waals surface area contributed by atoms with Crippen molar-refractivity contribution >= 4 is 5.97 Å². The number of aliphatic carboxylic acids is 1. The van der Waals surface area contributed by atoms with E-state index >= 15 is 0 Å². The van der Waals surface area contributed by atoms with Gasteiger partial charge in [0.25, 0.3) is 0 Å². The quantitative estimate of drug-likeness (QED) is 0.487. The van der Waals surface area contributed by atoms with Crippen molar-refractivity contribution in [2.45, 2.75) is 36.8 Å². The van der Waals surface area contributed by atoms with Crippen molar-refractivity contribution < 1.29 is 15.0 Å². The van der Waals surface area contributed by atoms with Crippen LogP contribution in [-0.4, -0.2) is 47.0 Å². The maximum atomic E-state index is 10.8. The number of aliphatic hydroxyl groups is 1. The Hall–Kier alpha value is -0.650. The van der Waals surface area contributed by atoms with E-state index in [4.69, 9.17) is 5.11 Å². The fraction of sp³-hybridized carbons (Fsp3) is 0.900. The van der Waals surface area contributed by atoms with Crippen LogP contribution in [0.25, 0.3) is 0 Å². The van der Waals surface area contributed by atoms with Crippen LogP contribution in [0.1, 0.15) is 25.7 Å². The van der Waals surface area contributed by atoms with Crippen LogP contribution in [0.15, 0.2) is 0 Å². The SMILES string of the molecule is O=C(O)CC1(NC2(CO)CCC2)CNC1. The zero-order valence-corrected chi connectivity index (χ0v) is 8.75. The lowest BCUT2D eigenvalue weighted by Crippen LogP contribution is -2.75. The first kappa shape index (κ1) is 10.9. The van der Waals surface area contributed by atoms with E-state index < -0.39 is 5.97 Å². The molecule has 2 rings (SSSR count). The molecule has 2 aliphatic rings. The van der Waals surface area contributed by atoms with E-state index in [9.17, 15) is 9.90 Å². The molecule has 4 N–H and O–H groups in total. The Morgan fingerprint density at radius 1 is 1.33 bits per heavy atom. The van der Waals surface area contributed by atoms with Gasteiger partial charge in [-0.2, -0.15) is 0 Å². The molecule has 0 unspecified atom stereocenters. The predicted octanol–water partition coefficient (Wildman–Crippen LogP) is -0.692. The minimum Gasteiger partial charge on any atom is -0.481 e. The maximum absolute atomic E-state index is 10.8.